The second-order valence-electron chi connectivity index (χ2n) is 7.18. The van der Waals surface area contributed by atoms with Crippen molar-refractivity contribution in [2.24, 2.45) is 18.7 Å². The maximum Gasteiger partial charge on any atom is 0.240 e. The molecule has 144 valence electrons. The third kappa shape index (κ3) is 3.57. The van der Waals surface area contributed by atoms with Crippen LogP contribution in [0.5, 0.6) is 0 Å². The van der Waals surface area contributed by atoms with Crippen LogP contribution in [-0.2, 0) is 29.6 Å². The van der Waals surface area contributed by atoms with E-state index in [0.29, 0.717) is 19.5 Å². The van der Waals surface area contributed by atoms with Crippen molar-refractivity contribution in [2.75, 3.05) is 13.1 Å². The topological polar surface area (TPSA) is 93.3 Å². The highest BCUT2D eigenvalue weighted by atomic mass is 35.5. The molecule has 3 atom stereocenters. The van der Waals surface area contributed by atoms with Gasteiger partial charge in [-0.25, -0.2) is 0 Å². The second-order valence-corrected chi connectivity index (χ2v) is 7.18. The van der Waals surface area contributed by atoms with Crippen LogP contribution in [0.15, 0.2) is 36.7 Å². The molecule has 0 spiro atoms. The van der Waals surface area contributed by atoms with Crippen LogP contribution in [0, 0.1) is 5.92 Å². The van der Waals surface area contributed by atoms with Gasteiger partial charge in [-0.2, -0.15) is 5.10 Å². The number of fused-ring (bicyclic) bond motifs is 1. The molecule has 7 nitrogen and oxygen atoms in total. The molecule has 1 saturated heterocycles. The third-order valence-corrected chi connectivity index (χ3v) is 5.54. The van der Waals surface area contributed by atoms with Crippen molar-refractivity contribution in [1.29, 1.82) is 0 Å². The Balaban J connectivity index is 0.00000210. The van der Waals surface area contributed by atoms with E-state index in [1.807, 2.05) is 43.7 Å². The van der Waals surface area contributed by atoms with Gasteiger partial charge in [0.1, 0.15) is 6.04 Å². The summed E-state index contributed by atoms with van der Waals surface area (Å²) in [5, 5.41) is 7.54. The first kappa shape index (κ1) is 19.4. The number of halogens is 1. The molecule has 3 N–H and O–H groups in total. The SMILES string of the molecule is Cl.Cn1cc([C@H]2CNC[C@@H]2C(=O)N2Cc3ccccc3CC2C(N)=O)cn1. The number of nitrogens with zero attached hydrogens (tertiary/aromatic N) is 3. The number of amides is 2. The van der Waals surface area contributed by atoms with Crippen LogP contribution in [0.1, 0.15) is 22.6 Å². The van der Waals surface area contributed by atoms with E-state index in [0.717, 1.165) is 23.2 Å². The molecular weight excluding hydrogens is 366 g/mol. The Hall–Kier alpha value is -2.38. The van der Waals surface area contributed by atoms with Crippen LogP contribution < -0.4 is 11.1 Å². The lowest BCUT2D eigenvalue weighted by Crippen LogP contribution is -2.53. The lowest BCUT2D eigenvalue weighted by molar-refractivity contribution is -0.144. The molecule has 0 bridgehead atoms. The zero-order valence-corrected chi connectivity index (χ0v) is 16.0. The van der Waals surface area contributed by atoms with Gasteiger partial charge in [0.05, 0.1) is 12.1 Å². The van der Waals surface area contributed by atoms with E-state index >= 15 is 0 Å². The van der Waals surface area contributed by atoms with E-state index in [4.69, 9.17) is 5.73 Å². The summed E-state index contributed by atoms with van der Waals surface area (Å²) in [4.78, 5) is 27.1. The van der Waals surface area contributed by atoms with E-state index in [1.54, 1.807) is 9.58 Å². The fourth-order valence-corrected chi connectivity index (χ4v) is 4.14. The molecule has 0 aliphatic carbocycles. The van der Waals surface area contributed by atoms with Crippen molar-refractivity contribution in [2.45, 2.75) is 24.9 Å². The summed E-state index contributed by atoms with van der Waals surface area (Å²) in [5.74, 6) is -0.618. The van der Waals surface area contributed by atoms with Gasteiger partial charge in [-0.05, 0) is 16.7 Å². The quantitative estimate of drug-likeness (QED) is 0.803. The molecular formula is C19H24ClN5O2. The molecule has 0 saturated carbocycles. The minimum Gasteiger partial charge on any atom is -0.368 e. The van der Waals surface area contributed by atoms with Gasteiger partial charge < -0.3 is 16.0 Å². The van der Waals surface area contributed by atoms with E-state index in [2.05, 4.69) is 10.4 Å². The Labute approximate surface area is 164 Å². The number of hydrogen-bond acceptors (Lipinski definition) is 4. The van der Waals surface area contributed by atoms with Crippen molar-refractivity contribution in [3.8, 4) is 0 Å². The fraction of sp³-hybridized carbons (Fsp3) is 0.421. The zero-order valence-electron chi connectivity index (χ0n) is 15.2. The lowest BCUT2D eigenvalue weighted by Gasteiger charge is -2.37. The van der Waals surface area contributed by atoms with Crippen molar-refractivity contribution in [3.05, 3.63) is 53.3 Å². The van der Waals surface area contributed by atoms with Crippen molar-refractivity contribution in [3.63, 3.8) is 0 Å². The van der Waals surface area contributed by atoms with Crippen molar-refractivity contribution < 1.29 is 9.59 Å². The van der Waals surface area contributed by atoms with Crippen LogP contribution in [0.25, 0.3) is 0 Å². The number of carbonyl (C=O) groups excluding carboxylic acids is 2. The van der Waals surface area contributed by atoms with Gasteiger partial charge >= 0.3 is 0 Å². The van der Waals surface area contributed by atoms with Gasteiger partial charge in [0.15, 0.2) is 0 Å². The molecule has 3 heterocycles. The summed E-state index contributed by atoms with van der Waals surface area (Å²) in [5.41, 5.74) is 8.86. The molecule has 27 heavy (non-hydrogen) atoms. The van der Waals surface area contributed by atoms with Gasteiger partial charge in [0, 0.05) is 45.2 Å². The van der Waals surface area contributed by atoms with Crippen molar-refractivity contribution in [1.82, 2.24) is 20.0 Å². The fourth-order valence-electron chi connectivity index (χ4n) is 4.14. The summed E-state index contributed by atoms with van der Waals surface area (Å²) >= 11 is 0. The molecule has 1 aromatic heterocycles. The number of aryl methyl sites for hydroxylation is 1. The summed E-state index contributed by atoms with van der Waals surface area (Å²) in [6.45, 7) is 1.76. The third-order valence-electron chi connectivity index (χ3n) is 5.54. The van der Waals surface area contributed by atoms with Crippen LogP contribution in [-0.4, -0.2) is 45.6 Å². The van der Waals surface area contributed by atoms with E-state index in [-0.39, 0.29) is 30.2 Å². The van der Waals surface area contributed by atoms with Gasteiger partial charge in [-0.1, -0.05) is 24.3 Å². The van der Waals surface area contributed by atoms with Crippen LogP contribution in [0.3, 0.4) is 0 Å². The smallest absolute Gasteiger partial charge is 0.240 e. The van der Waals surface area contributed by atoms with Gasteiger partial charge in [-0.15, -0.1) is 12.4 Å². The number of rotatable bonds is 3. The Bertz CT molecular complexity index is 852. The first-order valence-electron chi connectivity index (χ1n) is 8.90. The Morgan fingerprint density at radius 1 is 1.22 bits per heavy atom. The Morgan fingerprint density at radius 2 is 1.96 bits per heavy atom. The van der Waals surface area contributed by atoms with Crippen LogP contribution in [0.4, 0.5) is 0 Å². The predicted molar refractivity (Wildman–Crippen MR) is 103 cm³/mol. The molecule has 0 radical (unpaired) electrons. The molecule has 2 amide bonds. The number of carbonyl (C=O) groups is 2. The first-order valence-corrected chi connectivity index (χ1v) is 8.90. The molecule has 2 aliphatic rings. The monoisotopic (exact) mass is 389 g/mol. The molecule has 8 heteroatoms. The second kappa shape index (κ2) is 7.70. The summed E-state index contributed by atoms with van der Waals surface area (Å²) < 4.78 is 1.75. The summed E-state index contributed by atoms with van der Waals surface area (Å²) in [7, 11) is 1.87. The van der Waals surface area contributed by atoms with Crippen LogP contribution >= 0.6 is 12.4 Å². The minimum atomic E-state index is -0.590. The molecule has 1 aromatic carbocycles. The molecule has 1 unspecified atom stereocenters. The maximum absolute atomic E-state index is 13.4. The number of aromatic nitrogens is 2. The highest BCUT2D eigenvalue weighted by Crippen LogP contribution is 2.32. The number of primary amides is 1. The van der Waals surface area contributed by atoms with Crippen molar-refractivity contribution >= 4 is 24.2 Å². The lowest BCUT2D eigenvalue weighted by atomic mass is 9.87. The maximum atomic E-state index is 13.4. The number of nitrogens with two attached hydrogens (primary N) is 1. The molecule has 2 aliphatic heterocycles. The van der Waals surface area contributed by atoms with E-state index in [9.17, 15) is 9.59 Å². The minimum absolute atomic E-state index is 0. The van der Waals surface area contributed by atoms with E-state index < -0.39 is 11.9 Å². The Kier molecular flexibility index (Phi) is 5.53. The zero-order chi connectivity index (χ0) is 18.3. The average molecular weight is 390 g/mol. The number of nitrogens with one attached hydrogen (secondary N) is 1. The average Bonchev–Trinajstić information content (AvgIpc) is 3.28. The van der Waals surface area contributed by atoms with E-state index in [1.165, 1.54) is 0 Å². The van der Waals surface area contributed by atoms with Gasteiger partial charge in [0.25, 0.3) is 0 Å². The summed E-state index contributed by atoms with van der Waals surface area (Å²) in [6, 6.07) is 7.34. The molecule has 1 fully saturated rings. The first-order chi connectivity index (χ1) is 12.5. The van der Waals surface area contributed by atoms with Gasteiger partial charge in [-0.3, -0.25) is 14.3 Å². The highest BCUT2D eigenvalue weighted by molar-refractivity contribution is 5.89. The predicted octanol–water partition coefficient (Wildman–Crippen LogP) is 0.584. The molecule has 2 aromatic rings. The van der Waals surface area contributed by atoms with Crippen LogP contribution in [0.2, 0.25) is 0 Å². The summed E-state index contributed by atoms with van der Waals surface area (Å²) in [6.07, 6.45) is 4.25. The largest absolute Gasteiger partial charge is 0.368 e. The number of benzene rings is 1. The number of hydrogen-bond donors (Lipinski definition) is 2. The standard InChI is InChI=1S/C19H23N5O2.ClH/c1-23-10-14(7-22-23)15-8-21-9-16(15)19(26)24-11-13-5-3-2-4-12(13)6-17(24)18(20)25;/h2-5,7,10,15-17,21H,6,8-9,11H2,1H3,(H2,20,25);1H/t15-,16+,17?;/m1./s1. The highest BCUT2D eigenvalue weighted by Gasteiger charge is 2.41. The normalized spacial score (nSPS) is 24.2. The molecule has 4 rings (SSSR count). The Morgan fingerprint density at radius 3 is 2.63 bits per heavy atom. The van der Waals surface area contributed by atoms with Gasteiger partial charge in [0.2, 0.25) is 11.8 Å².